The van der Waals surface area contributed by atoms with Crippen LogP contribution in [0.25, 0.3) is 0 Å². The predicted molar refractivity (Wildman–Crippen MR) is 92.0 cm³/mol. The topological polar surface area (TPSA) is 55.6 Å². The number of hydrogen-bond donors (Lipinski definition) is 1. The Morgan fingerprint density at radius 3 is 2.86 bits per heavy atom. The van der Waals surface area contributed by atoms with Crippen molar-refractivity contribution >= 4 is 34.2 Å². The van der Waals surface area contributed by atoms with E-state index >= 15 is 0 Å². The van der Waals surface area contributed by atoms with Crippen LogP contribution in [0.15, 0.2) is 28.7 Å². The van der Waals surface area contributed by atoms with Gasteiger partial charge in [-0.15, -0.1) is 12.4 Å². The molecule has 0 saturated carbocycles. The molecule has 3 rings (SSSR count). The van der Waals surface area contributed by atoms with Gasteiger partial charge in [0.1, 0.15) is 6.10 Å². The van der Waals surface area contributed by atoms with Crippen LogP contribution in [0.1, 0.15) is 37.3 Å². The Morgan fingerprint density at radius 1 is 1.36 bits per heavy atom. The minimum atomic E-state index is -0.300. The third kappa shape index (κ3) is 3.65. The highest BCUT2D eigenvalue weighted by Gasteiger charge is 2.37. The van der Waals surface area contributed by atoms with Crippen molar-refractivity contribution in [2.75, 3.05) is 13.1 Å². The second-order valence-electron chi connectivity index (χ2n) is 5.80. The average Bonchev–Trinajstić information content (AvgIpc) is 3.15. The number of likely N-dealkylation sites (tertiary alicyclic amines) is 1. The number of benzene rings is 1. The third-order valence-corrected chi connectivity index (χ3v) is 4.91. The maximum atomic E-state index is 12.7. The maximum absolute atomic E-state index is 12.7. The molecule has 3 atom stereocenters. The van der Waals surface area contributed by atoms with E-state index in [9.17, 15) is 4.79 Å². The minimum absolute atomic E-state index is 0. The van der Waals surface area contributed by atoms with Crippen LogP contribution in [0, 0.1) is 0 Å². The van der Waals surface area contributed by atoms with E-state index in [1.165, 1.54) is 5.56 Å². The summed E-state index contributed by atoms with van der Waals surface area (Å²) in [5.74, 6) is 0.133. The number of nitrogens with two attached hydrogens (primary N) is 1. The van der Waals surface area contributed by atoms with Gasteiger partial charge in [-0.3, -0.25) is 4.79 Å². The highest BCUT2D eigenvalue weighted by molar-refractivity contribution is 9.10. The molecule has 2 N–H and O–H groups in total. The summed E-state index contributed by atoms with van der Waals surface area (Å²) in [5, 5.41) is 0. The number of amides is 1. The first-order valence-corrected chi connectivity index (χ1v) is 8.40. The van der Waals surface area contributed by atoms with Crippen LogP contribution < -0.4 is 5.73 Å². The highest BCUT2D eigenvalue weighted by atomic mass is 79.9. The molecule has 4 nitrogen and oxygen atoms in total. The maximum Gasteiger partial charge on any atom is 0.252 e. The van der Waals surface area contributed by atoms with Crippen LogP contribution in [0.3, 0.4) is 0 Å². The van der Waals surface area contributed by atoms with Crippen molar-refractivity contribution in [1.29, 1.82) is 0 Å². The van der Waals surface area contributed by atoms with Crippen LogP contribution in [0.2, 0.25) is 0 Å². The van der Waals surface area contributed by atoms with Gasteiger partial charge in [-0.1, -0.05) is 28.1 Å². The first-order chi connectivity index (χ1) is 10.2. The van der Waals surface area contributed by atoms with E-state index in [0.717, 1.165) is 36.7 Å². The fourth-order valence-electron chi connectivity index (χ4n) is 3.34. The highest BCUT2D eigenvalue weighted by Crippen LogP contribution is 2.35. The summed E-state index contributed by atoms with van der Waals surface area (Å²) in [7, 11) is 0. The second-order valence-corrected chi connectivity index (χ2v) is 6.72. The molecule has 1 unspecified atom stereocenters. The van der Waals surface area contributed by atoms with Crippen molar-refractivity contribution in [2.24, 2.45) is 5.73 Å². The van der Waals surface area contributed by atoms with Crippen molar-refractivity contribution < 1.29 is 9.53 Å². The van der Waals surface area contributed by atoms with Gasteiger partial charge in [-0.2, -0.15) is 0 Å². The predicted octanol–water partition coefficient (Wildman–Crippen LogP) is 3.04. The fourth-order valence-corrected chi connectivity index (χ4v) is 3.75. The van der Waals surface area contributed by atoms with Crippen LogP contribution in [0.5, 0.6) is 0 Å². The van der Waals surface area contributed by atoms with Crippen molar-refractivity contribution in [2.45, 2.75) is 43.9 Å². The standard InChI is InChI=1S/C16H21BrN2O2.ClH/c17-12-4-1-3-11(9-12)14-5-2-8-19(14)16(20)15-7-6-13(10-18)21-15;/h1,3-4,9,13-15H,2,5-8,10,18H2;1H/t13-,14?,15+;/m1./s1. The molecule has 0 spiro atoms. The molecule has 1 aromatic rings. The molecular weight excluding hydrogens is 368 g/mol. The molecule has 122 valence electrons. The largest absolute Gasteiger partial charge is 0.364 e. The SMILES string of the molecule is Cl.NC[C@H]1CC[C@@H](C(=O)N2CCCC2c2cccc(Br)c2)O1. The lowest BCUT2D eigenvalue weighted by Crippen LogP contribution is -2.39. The van der Waals surface area contributed by atoms with Crippen LogP contribution in [-0.2, 0) is 9.53 Å². The lowest BCUT2D eigenvalue weighted by atomic mass is 10.0. The summed E-state index contributed by atoms with van der Waals surface area (Å²) in [6, 6.07) is 8.41. The van der Waals surface area contributed by atoms with Crippen LogP contribution in [0.4, 0.5) is 0 Å². The molecule has 2 fully saturated rings. The third-order valence-electron chi connectivity index (χ3n) is 4.42. The number of ether oxygens (including phenoxy) is 1. The molecule has 2 heterocycles. The summed E-state index contributed by atoms with van der Waals surface area (Å²) in [4.78, 5) is 14.7. The molecule has 2 aliphatic heterocycles. The molecule has 0 bridgehead atoms. The van der Waals surface area contributed by atoms with E-state index < -0.39 is 0 Å². The number of rotatable bonds is 3. The molecule has 22 heavy (non-hydrogen) atoms. The monoisotopic (exact) mass is 388 g/mol. The van der Waals surface area contributed by atoms with Gasteiger partial charge >= 0.3 is 0 Å². The second kappa shape index (κ2) is 7.77. The zero-order valence-electron chi connectivity index (χ0n) is 12.4. The van der Waals surface area contributed by atoms with Gasteiger partial charge < -0.3 is 15.4 Å². The molecule has 1 amide bonds. The summed E-state index contributed by atoms with van der Waals surface area (Å²) in [6.07, 6.45) is 3.51. The van der Waals surface area contributed by atoms with Gasteiger partial charge in [0.2, 0.25) is 0 Å². The molecule has 0 aromatic heterocycles. The number of carbonyl (C=O) groups excluding carboxylic acids is 1. The Balaban J connectivity index is 0.00000176. The van der Waals surface area contributed by atoms with E-state index in [1.807, 2.05) is 17.0 Å². The average molecular weight is 390 g/mol. The first kappa shape index (κ1) is 17.7. The summed E-state index contributed by atoms with van der Waals surface area (Å²) >= 11 is 3.51. The van der Waals surface area contributed by atoms with E-state index in [0.29, 0.717) is 6.54 Å². The van der Waals surface area contributed by atoms with Gasteiger partial charge in [-0.05, 0) is 43.4 Å². The summed E-state index contributed by atoms with van der Waals surface area (Å²) in [5.41, 5.74) is 6.83. The Hall–Kier alpha value is -0.620. The number of nitrogens with zero attached hydrogens (tertiary/aromatic N) is 1. The first-order valence-electron chi connectivity index (χ1n) is 7.60. The van der Waals surface area contributed by atoms with Gasteiger partial charge in [0.15, 0.2) is 0 Å². The van der Waals surface area contributed by atoms with E-state index in [-0.39, 0.29) is 36.6 Å². The summed E-state index contributed by atoms with van der Waals surface area (Å²) < 4.78 is 6.82. The molecule has 6 heteroatoms. The van der Waals surface area contributed by atoms with Gasteiger partial charge in [0.25, 0.3) is 5.91 Å². The van der Waals surface area contributed by atoms with Crippen molar-refractivity contribution in [3.63, 3.8) is 0 Å². The smallest absolute Gasteiger partial charge is 0.252 e. The van der Waals surface area contributed by atoms with Crippen molar-refractivity contribution in [3.05, 3.63) is 34.3 Å². The lowest BCUT2D eigenvalue weighted by Gasteiger charge is -2.27. The van der Waals surface area contributed by atoms with Gasteiger partial charge in [0, 0.05) is 17.6 Å². The molecule has 0 radical (unpaired) electrons. The quantitative estimate of drug-likeness (QED) is 0.864. The van der Waals surface area contributed by atoms with Crippen LogP contribution in [-0.4, -0.2) is 36.1 Å². The Morgan fingerprint density at radius 2 is 2.18 bits per heavy atom. The zero-order valence-corrected chi connectivity index (χ0v) is 14.8. The van der Waals surface area contributed by atoms with Crippen LogP contribution >= 0.6 is 28.3 Å². The Bertz CT molecular complexity index is 529. The van der Waals surface area contributed by atoms with Crippen molar-refractivity contribution in [3.8, 4) is 0 Å². The zero-order chi connectivity index (χ0) is 14.8. The Labute approximate surface area is 145 Å². The molecule has 2 aliphatic rings. The molecular formula is C16H22BrClN2O2. The van der Waals surface area contributed by atoms with Crippen molar-refractivity contribution in [1.82, 2.24) is 4.90 Å². The van der Waals surface area contributed by atoms with E-state index in [1.54, 1.807) is 0 Å². The number of carbonyl (C=O) groups is 1. The fraction of sp³-hybridized carbons (Fsp3) is 0.562. The molecule has 1 aromatic carbocycles. The number of hydrogen-bond acceptors (Lipinski definition) is 3. The van der Waals surface area contributed by atoms with E-state index in [4.69, 9.17) is 10.5 Å². The Kier molecular flexibility index (Phi) is 6.26. The van der Waals surface area contributed by atoms with Gasteiger partial charge in [0.05, 0.1) is 12.1 Å². The normalized spacial score (nSPS) is 27.7. The van der Waals surface area contributed by atoms with E-state index in [2.05, 4.69) is 28.1 Å². The molecule has 2 saturated heterocycles. The summed E-state index contributed by atoms with van der Waals surface area (Å²) in [6.45, 7) is 1.32. The molecule has 0 aliphatic carbocycles. The minimum Gasteiger partial charge on any atom is -0.364 e. The lowest BCUT2D eigenvalue weighted by molar-refractivity contribution is -0.143. The van der Waals surface area contributed by atoms with Gasteiger partial charge in [-0.25, -0.2) is 0 Å². The number of halogens is 2.